The second-order valence-corrected chi connectivity index (χ2v) is 7.94. The highest BCUT2D eigenvalue weighted by Crippen LogP contribution is 2.30. The van der Waals surface area contributed by atoms with Gasteiger partial charge in [0.2, 0.25) is 10.0 Å². The molecule has 0 bridgehead atoms. The van der Waals surface area contributed by atoms with Gasteiger partial charge >= 0.3 is 0 Å². The summed E-state index contributed by atoms with van der Waals surface area (Å²) in [4.78, 5) is 12.4. The first-order valence-corrected chi connectivity index (χ1v) is 9.58. The summed E-state index contributed by atoms with van der Waals surface area (Å²) in [6.45, 7) is 2.93. The van der Waals surface area contributed by atoms with Crippen LogP contribution in [-0.2, 0) is 23.0 Å². The number of anilines is 1. The Hall–Kier alpha value is -2.35. The standard InChI is InChI=1S/C16H20N4O3S/c1-12(11-19-8-3-7-17-19)18-16(21)14-4-5-15-13(10-14)6-9-20(15)24(2,22)23/h3-5,7-8,10,12H,6,9,11H2,1-2H3,(H,18,21)/t12-/m0/s1. The summed E-state index contributed by atoms with van der Waals surface area (Å²) in [6.07, 6.45) is 5.35. The molecule has 7 nitrogen and oxygen atoms in total. The molecule has 0 saturated carbocycles. The normalized spacial score (nSPS) is 15.2. The number of fused-ring (bicyclic) bond motifs is 1. The third-order valence-electron chi connectivity index (χ3n) is 3.99. The number of nitrogens with zero attached hydrogens (tertiary/aromatic N) is 3. The Labute approximate surface area is 141 Å². The number of nitrogens with one attached hydrogen (secondary N) is 1. The molecule has 1 aromatic carbocycles. The Morgan fingerprint density at radius 1 is 1.42 bits per heavy atom. The number of rotatable bonds is 5. The van der Waals surface area contributed by atoms with Crippen molar-refractivity contribution in [3.63, 3.8) is 0 Å². The maximum Gasteiger partial charge on any atom is 0.251 e. The minimum Gasteiger partial charge on any atom is -0.348 e. The molecule has 128 valence electrons. The molecule has 0 saturated heterocycles. The van der Waals surface area contributed by atoms with Gasteiger partial charge in [-0.1, -0.05) is 0 Å². The number of carbonyl (C=O) groups is 1. The summed E-state index contributed by atoms with van der Waals surface area (Å²) < 4.78 is 26.6. The number of hydrogen-bond acceptors (Lipinski definition) is 4. The quantitative estimate of drug-likeness (QED) is 0.874. The summed E-state index contributed by atoms with van der Waals surface area (Å²) in [6, 6.07) is 6.91. The average molecular weight is 348 g/mol. The lowest BCUT2D eigenvalue weighted by atomic mass is 10.1. The Morgan fingerprint density at radius 2 is 2.21 bits per heavy atom. The molecule has 1 aliphatic heterocycles. The van der Waals surface area contributed by atoms with Crippen molar-refractivity contribution in [2.75, 3.05) is 17.1 Å². The SMILES string of the molecule is C[C@@H](Cn1cccn1)NC(=O)c1ccc2c(c1)CCN2S(C)(=O)=O. The van der Waals surface area contributed by atoms with Gasteiger partial charge in [0.25, 0.3) is 5.91 Å². The number of sulfonamides is 1. The molecular weight excluding hydrogens is 328 g/mol. The highest BCUT2D eigenvalue weighted by Gasteiger charge is 2.26. The van der Waals surface area contributed by atoms with Crippen LogP contribution in [0.2, 0.25) is 0 Å². The summed E-state index contributed by atoms with van der Waals surface area (Å²) in [7, 11) is -3.27. The number of benzene rings is 1. The largest absolute Gasteiger partial charge is 0.348 e. The van der Waals surface area contributed by atoms with Gasteiger partial charge in [0.1, 0.15) is 0 Å². The van der Waals surface area contributed by atoms with Crippen molar-refractivity contribution < 1.29 is 13.2 Å². The molecule has 0 radical (unpaired) electrons. The smallest absolute Gasteiger partial charge is 0.251 e. The van der Waals surface area contributed by atoms with Crippen LogP contribution in [0.1, 0.15) is 22.8 Å². The van der Waals surface area contributed by atoms with Crippen LogP contribution in [0.15, 0.2) is 36.7 Å². The monoisotopic (exact) mass is 348 g/mol. The lowest BCUT2D eigenvalue weighted by Crippen LogP contribution is -2.35. The zero-order valence-corrected chi connectivity index (χ0v) is 14.5. The van der Waals surface area contributed by atoms with Crippen molar-refractivity contribution in [2.45, 2.75) is 25.9 Å². The first-order valence-electron chi connectivity index (χ1n) is 7.73. The fraction of sp³-hybridized carbons (Fsp3) is 0.375. The maximum absolute atomic E-state index is 12.4. The minimum atomic E-state index is -3.27. The van der Waals surface area contributed by atoms with E-state index in [1.807, 2.05) is 19.2 Å². The molecule has 24 heavy (non-hydrogen) atoms. The van der Waals surface area contributed by atoms with E-state index in [2.05, 4.69) is 10.4 Å². The van der Waals surface area contributed by atoms with Gasteiger partial charge in [0.15, 0.2) is 0 Å². The molecule has 1 N–H and O–H groups in total. The summed E-state index contributed by atoms with van der Waals surface area (Å²) in [5.74, 6) is -0.171. The highest BCUT2D eigenvalue weighted by atomic mass is 32.2. The van der Waals surface area contributed by atoms with Crippen LogP contribution in [-0.4, -0.2) is 42.9 Å². The fourth-order valence-electron chi connectivity index (χ4n) is 2.90. The van der Waals surface area contributed by atoms with Gasteiger partial charge in [0, 0.05) is 30.5 Å². The molecular formula is C16H20N4O3S. The van der Waals surface area contributed by atoms with Crippen molar-refractivity contribution in [1.82, 2.24) is 15.1 Å². The van der Waals surface area contributed by atoms with E-state index in [1.54, 1.807) is 29.1 Å². The molecule has 0 spiro atoms. The number of hydrogen-bond donors (Lipinski definition) is 1. The second-order valence-electron chi connectivity index (χ2n) is 6.03. The van der Waals surface area contributed by atoms with Crippen LogP contribution in [0.25, 0.3) is 0 Å². The predicted octanol–water partition coefficient (Wildman–Crippen LogP) is 1.02. The van der Waals surface area contributed by atoms with E-state index in [4.69, 9.17) is 0 Å². The van der Waals surface area contributed by atoms with E-state index in [-0.39, 0.29) is 11.9 Å². The zero-order chi connectivity index (χ0) is 17.3. The molecule has 2 heterocycles. The van der Waals surface area contributed by atoms with E-state index in [0.29, 0.717) is 30.8 Å². The van der Waals surface area contributed by atoms with Gasteiger partial charge in [-0.15, -0.1) is 0 Å². The fourth-order valence-corrected chi connectivity index (χ4v) is 3.86. The lowest BCUT2D eigenvalue weighted by Gasteiger charge is -2.17. The highest BCUT2D eigenvalue weighted by molar-refractivity contribution is 7.92. The third-order valence-corrected chi connectivity index (χ3v) is 5.17. The Kier molecular flexibility index (Phi) is 4.31. The zero-order valence-electron chi connectivity index (χ0n) is 13.6. The van der Waals surface area contributed by atoms with Crippen molar-refractivity contribution in [3.05, 3.63) is 47.8 Å². The first-order chi connectivity index (χ1) is 11.3. The van der Waals surface area contributed by atoms with Crippen molar-refractivity contribution >= 4 is 21.6 Å². The molecule has 1 aromatic heterocycles. The number of carbonyl (C=O) groups excluding carboxylic acids is 1. The molecule has 8 heteroatoms. The van der Waals surface area contributed by atoms with E-state index >= 15 is 0 Å². The van der Waals surface area contributed by atoms with E-state index in [0.717, 1.165) is 5.56 Å². The molecule has 1 aliphatic rings. The predicted molar refractivity (Wildman–Crippen MR) is 91.5 cm³/mol. The Balaban J connectivity index is 1.71. The van der Waals surface area contributed by atoms with Gasteiger partial charge in [-0.05, 0) is 43.2 Å². The van der Waals surface area contributed by atoms with E-state index in [9.17, 15) is 13.2 Å². The van der Waals surface area contributed by atoms with Crippen LogP contribution in [0.3, 0.4) is 0 Å². The summed E-state index contributed by atoms with van der Waals surface area (Å²) in [5, 5.41) is 7.05. The summed E-state index contributed by atoms with van der Waals surface area (Å²) in [5.41, 5.74) is 2.09. The van der Waals surface area contributed by atoms with Crippen molar-refractivity contribution in [3.8, 4) is 0 Å². The van der Waals surface area contributed by atoms with Gasteiger partial charge in [-0.25, -0.2) is 8.42 Å². The second kappa shape index (κ2) is 6.27. The van der Waals surface area contributed by atoms with Crippen molar-refractivity contribution in [1.29, 1.82) is 0 Å². The Bertz CT molecular complexity index is 846. The molecule has 0 unspecified atom stereocenters. The molecule has 2 aromatic rings. The van der Waals surface area contributed by atoms with E-state index < -0.39 is 10.0 Å². The van der Waals surface area contributed by atoms with Gasteiger partial charge < -0.3 is 5.32 Å². The maximum atomic E-state index is 12.4. The lowest BCUT2D eigenvalue weighted by molar-refractivity contribution is 0.0936. The third kappa shape index (κ3) is 3.43. The van der Waals surface area contributed by atoms with Gasteiger partial charge in [0.05, 0.1) is 18.5 Å². The van der Waals surface area contributed by atoms with Crippen LogP contribution < -0.4 is 9.62 Å². The van der Waals surface area contributed by atoms with Crippen LogP contribution >= 0.6 is 0 Å². The topological polar surface area (TPSA) is 84.3 Å². The molecule has 1 atom stereocenters. The van der Waals surface area contributed by atoms with Crippen LogP contribution in [0.4, 0.5) is 5.69 Å². The average Bonchev–Trinajstić information content (AvgIpc) is 3.14. The molecule has 3 rings (SSSR count). The van der Waals surface area contributed by atoms with Gasteiger partial charge in [-0.2, -0.15) is 5.10 Å². The summed E-state index contributed by atoms with van der Waals surface area (Å²) >= 11 is 0. The Morgan fingerprint density at radius 3 is 2.88 bits per heavy atom. The molecule has 1 amide bonds. The molecule has 0 fully saturated rings. The number of aromatic nitrogens is 2. The molecule has 0 aliphatic carbocycles. The van der Waals surface area contributed by atoms with Crippen LogP contribution in [0.5, 0.6) is 0 Å². The van der Waals surface area contributed by atoms with Crippen LogP contribution in [0, 0.1) is 0 Å². The number of amides is 1. The minimum absolute atomic E-state index is 0.0711. The van der Waals surface area contributed by atoms with Crippen molar-refractivity contribution in [2.24, 2.45) is 0 Å². The van der Waals surface area contributed by atoms with Gasteiger partial charge in [-0.3, -0.25) is 13.8 Å². The first kappa shape index (κ1) is 16.5. The van der Waals surface area contributed by atoms with E-state index in [1.165, 1.54) is 10.6 Å².